The zero-order valence-electron chi connectivity index (χ0n) is 14.7. The molecule has 2 aromatic carbocycles. The SMILES string of the molecule is CC(C)c1ccc(Oc2ncnc(Nc3ccccc3Cl)c2[N+](=O)[O-])cc1. The van der Waals surface area contributed by atoms with Gasteiger partial charge in [-0.05, 0) is 35.7 Å². The maximum absolute atomic E-state index is 11.6. The highest BCUT2D eigenvalue weighted by Gasteiger charge is 2.25. The van der Waals surface area contributed by atoms with Gasteiger partial charge >= 0.3 is 11.6 Å². The van der Waals surface area contributed by atoms with Crippen molar-refractivity contribution in [3.8, 4) is 11.6 Å². The van der Waals surface area contributed by atoms with Crippen molar-refractivity contribution < 1.29 is 9.66 Å². The normalized spacial score (nSPS) is 10.7. The van der Waals surface area contributed by atoms with E-state index in [9.17, 15) is 10.1 Å². The Bertz CT molecular complexity index is 961. The summed E-state index contributed by atoms with van der Waals surface area (Å²) in [6.07, 6.45) is 1.20. The Kier molecular flexibility index (Phi) is 5.52. The van der Waals surface area contributed by atoms with Gasteiger partial charge in [-0.15, -0.1) is 0 Å². The van der Waals surface area contributed by atoms with Crippen LogP contribution in [-0.2, 0) is 0 Å². The zero-order chi connectivity index (χ0) is 19.4. The minimum absolute atomic E-state index is 0.00287. The number of para-hydroxylation sites is 1. The largest absolute Gasteiger partial charge is 0.434 e. The summed E-state index contributed by atoms with van der Waals surface area (Å²) in [5.41, 5.74) is 1.26. The number of hydrogen-bond acceptors (Lipinski definition) is 6. The topological polar surface area (TPSA) is 90.2 Å². The lowest BCUT2D eigenvalue weighted by Gasteiger charge is -2.11. The molecule has 1 N–H and O–H groups in total. The van der Waals surface area contributed by atoms with Gasteiger partial charge in [0.25, 0.3) is 0 Å². The van der Waals surface area contributed by atoms with Gasteiger partial charge in [0, 0.05) is 0 Å². The Morgan fingerprint density at radius 1 is 1.11 bits per heavy atom. The molecule has 0 unspecified atom stereocenters. The van der Waals surface area contributed by atoms with E-state index >= 15 is 0 Å². The summed E-state index contributed by atoms with van der Waals surface area (Å²) in [4.78, 5) is 18.9. The number of benzene rings is 2. The molecule has 3 aromatic rings. The summed E-state index contributed by atoms with van der Waals surface area (Å²) < 4.78 is 5.65. The van der Waals surface area contributed by atoms with E-state index in [2.05, 4.69) is 29.1 Å². The number of nitrogens with zero attached hydrogens (tertiary/aromatic N) is 3. The van der Waals surface area contributed by atoms with Crippen LogP contribution in [0.1, 0.15) is 25.3 Å². The van der Waals surface area contributed by atoms with Crippen molar-refractivity contribution in [2.45, 2.75) is 19.8 Å². The van der Waals surface area contributed by atoms with Crippen LogP contribution in [0.2, 0.25) is 5.02 Å². The summed E-state index contributed by atoms with van der Waals surface area (Å²) in [6, 6.07) is 14.2. The highest BCUT2D eigenvalue weighted by atomic mass is 35.5. The maximum atomic E-state index is 11.6. The van der Waals surface area contributed by atoms with Crippen LogP contribution >= 0.6 is 11.6 Å². The summed E-state index contributed by atoms with van der Waals surface area (Å²) in [5, 5.41) is 14.9. The van der Waals surface area contributed by atoms with Crippen LogP contribution in [0.4, 0.5) is 17.2 Å². The molecule has 0 spiro atoms. The van der Waals surface area contributed by atoms with E-state index in [1.54, 1.807) is 36.4 Å². The van der Waals surface area contributed by atoms with Gasteiger partial charge in [-0.3, -0.25) is 10.1 Å². The molecule has 7 nitrogen and oxygen atoms in total. The van der Waals surface area contributed by atoms with Crippen molar-refractivity contribution in [1.29, 1.82) is 0 Å². The second-order valence-electron chi connectivity index (χ2n) is 6.06. The fourth-order valence-electron chi connectivity index (χ4n) is 2.42. The van der Waals surface area contributed by atoms with Gasteiger partial charge in [0.2, 0.25) is 5.82 Å². The number of anilines is 2. The van der Waals surface area contributed by atoms with E-state index in [4.69, 9.17) is 16.3 Å². The van der Waals surface area contributed by atoms with Gasteiger partial charge in [0.1, 0.15) is 12.1 Å². The zero-order valence-corrected chi connectivity index (χ0v) is 15.5. The van der Waals surface area contributed by atoms with Crippen LogP contribution < -0.4 is 10.1 Å². The quantitative estimate of drug-likeness (QED) is 0.433. The third kappa shape index (κ3) is 4.32. The highest BCUT2D eigenvalue weighted by molar-refractivity contribution is 6.33. The number of ether oxygens (including phenoxy) is 1. The van der Waals surface area contributed by atoms with Crippen molar-refractivity contribution in [2.24, 2.45) is 0 Å². The Labute approximate surface area is 161 Å². The highest BCUT2D eigenvalue weighted by Crippen LogP contribution is 2.36. The fourth-order valence-corrected chi connectivity index (χ4v) is 2.60. The molecule has 0 fully saturated rings. The second-order valence-corrected chi connectivity index (χ2v) is 6.47. The molecule has 1 aromatic heterocycles. The van der Waals surface area contributed by atoms with E-state index in [0.717, 1.165) is 5.56 Å². The van der Waals surface area contributed by atoms with E-state index < -0.39 is 4.92 Å². The van der Waals surface area contributed by atoms with Gasteiger partial charge in [-0.25, -0.2) is 4.98 Å². The smallest absolute Gasteiger partial charge is 0.373 e. The summed E-state index contributed by atoms with van der Waals surface area (Å²) in [5.74, 6) is 0.669. The lowest BCUT2D eigenvalue weighted by atomic mass is 10.0. The molecule has 27 heavy (non-hydrogen) atoms. The molecule has 8 heteroatoms. The minimum Gasteiger partial charge on any atom is -0.434 e. The first-order valence-corrected chi connectivity index (χ1v) is 8.62. The molecule has 0 saturated carbocycles. The first kappa shape index (κ1) is 18.6. The number of hydrogen-bond donors (Lipinski definition) is 1. The van der Waals surface area contributed by atoms with Crippen molar-refractivity contribution in [3.05, 3.63) is 75.6 Å². The van der Waals surface area contributed by atoms with E-state index in [-0.39, 0.29) is 17.4 Å². The number of nitro groups is 1. The number of halogens is 1. The standard InChI is InChI=1S/C19H17ClN4O3/c1-12(2)13-7-9-14(10-8-13)27-19-17(24(25)26)18(21-11-22-19)23-16-6-4-3-5-15(16)20/h3-12H,1-2H3,(H,21,22,23). The van der Waals surface area contributed by atoms with E-state index in [1.807, 2.05) is 12.1 Å². The molecule has 0 amide bonds. The molecular weight excluding hydrogens is 368 g/mol. The molecule has 1 heterocycles. The van der Waals surface area contributed by atoms with Crippen LogP contribution in [0.5, 0.6) is 11.6 Å². The van der Waals surface area contributed by atoms with Crippen LogP contribution in [0.25, 0.3) is 0 Å². The van der Waals surface area contributed by atoms with Gasteiger partial charge in [-0.2, -0.15) is 4.98 Å². The molecule has 0 radical (unpaired) electrons. The first-order chi connectivity index (χ1) is 13.0. The van der Waals surface area contributed by atoms with E-state index in [1.165, 1.54) is 6.33 Å². The van der Waals surface area contributed by atoms with E-state index in [0.29, 0.717) is 22.4 Å². The third-order valence-corrected chi connectivity index (χ3v) is 4.19. The molecule has 0 bridgehead atoms. The van der Waals surface area contributed by atoms with Crippen LogP contribution in [0, 0.1) is 10.1 Å². The Morgan fingerprint density at radius 2 is 1.81 bits per heavy atom. The predicted molar refractivity (Wildman–Crippen MR) is 104 cm³/mol. The second kappa shape index (κ2) is 8.01. The molecule has 0 aliphatic heterocycles. The molecule has 0 aliphatic rings. The fraction of sp³-hybridized carbons (Fsp3) is 0.158. The molecule has 138 valence electrons. The lowest BCUT2D eigenvalue weighted by Crippen LogP contribution is -2.03. The number of aromatic nitrogens is 2. The maximum Gasteiger partial charge on any atom is 0.373 e. The third-order valence-electron chi connectivity index (χ3n) is 3.86. The van der Waals surface area contributed by atoms with Gasteiger partial charge in [-0.1, -0.05) is 49.7 Å². The van der Waals surface area contributed by atoms with Crippen LogP contribution in [0.15, 0.2) is 54.9 Å². The minimum atomic E-state index is -0.586. The summed E-state index contributed by atoms with van der Waals surface area (Å²) >= 11 is 6.11. The monoisotopic (exact) mass is 384 g/mol. The summed E-state index contributed by atoms with van der Waals surface area (Å²) in [6.45, 7) is 4.16. The Balaban J connectivity index is 1.94. The van der Waals surface area contributed by atoms with Crippen molar-refractivity contribution in [1.82, 2.24) is 9.97 Å². The van der Waals surface area contributed by atoms with Crippen LogP contribution in [-0.4, -0.2) is 14.9 Å². The van der Waals surface area contributed by atoms with Crippen LogP contribution in [0.3, 0.4) is 0 Å². The van der Waals surface area contributed by atoms with Crippen molar-refractivity contribution in [2.75, 3.05) is 5.32 Å². The Morgan fingerprint density at radius 3 is 2.44 bits per heavy atom. The number of nitrogens with one attached hydrogen (secondary N) is 1. The average Bonchev–Trinajstić information content (AvgIpc) is 2.64. The first-order valence-electron chi connectivity index (χ1n) is 8.24. The number of rotatable bonds is 6. The van der Waals surface area contributed by atoms with Gasteiger partial charge in [0.05, 0.1) is 15.6 Å². The molecular formula is C19H17ClN4O3. The predicted octanol–water partition coefficient (Wildman–Crippen LogP) is 5.70. The van der Waals surface area contributed by atoms with Gasteiger partial charge in [0.15, 0.2) is 0 Å². The molecule has 3 rings (SSSR count). The summed E-state index contributed by atoms with van der Waals surface area (Å²) in [7, 11) is 0. The van der Waals surface area contributed by atoms with Crippen molar-refractivity contribution >= 4 is 28.8 Å². The van der Waals surface area contributed by atoms with Gasteiger partial charge < -0.3 is 10.1 Å². The lowest BCUT2D eigenvalue weighted by molar-refractivity contribution is -0.385. The molecule has 0 atom stereocenters. The average molecular weight is 385 g/mol. The molecule has 0 saturated heterocycles. The Hall–Kier alpha value is -3.19. The van der Waals surface area contributed by atoms with Crippen molar-refractivity contribution in [3.63, 3.8) is 0 Å². The molecule has 0 aliphatic carbocycles.